The molecule has 2 aromatic carbocycles. The number of benzene rings is 2. The van der Waals surface area contributed by atoms with Crippen molar-refractivity contribution in [2.24, 2.45) is 5.92 Å². The number of piperidine rings is 1. The molecule has 29 heavy (non-hydrogen) atoms. The van der Waals surface area contributed by atoms with Gasteiger partial charge in [-0.15, -0.1) is 0 Å². The molecular formula is C23H27N3O3. The topological polar surface area (TPSA) is 66.7 Å². The summed E-state index contributed by atoms with van der Waals surface area (Å²) in [4.78, 5) is 28.1. The number of amides is 1. The van der Waals surface area contributed by atoms with Crippen LogP contribution < -0.4 is 4.90 Å². The number of nitro groups is 1. The van der Waals surface area contributed by atoms with E-state index in [4.69, 9.17) is 0 Å². The van der Waals surface area contributed by atoms with E-state index < -0.39 is 0 Å². The molecule has 0 saturated carbocycles. The smallest absolute Gasteiger partial charge is 0.293 e. The molecule has 0 aliphatic carbocycles. The monoisotopic (exact) mass is 393 g/mol. The number of hydrogen-bond acceptors (Lipinski definition) is 4. The number of rotatable bonds is 5. The summed E-state index contributed by atoms with van der Waals surface area (Å²) in [7, 11) is 0. The Balaban J connectivity index is 1.42. The van der Waals surface area contributed by atoms with Crippen LogP contribution in [0.3, 0.4) is 0 Å². The maximum Gasteiger partial charge on any atom is 0.293 e. The predicted molar refractivity (Wildman–Crippen MR) is 113 cm³/mol. The van der Waals surface area contributed by atoms with E-state index in [1.165, 1.54) is 11.6 Å². The Morgan fingerprint density at radius 3 is 2.34 bits per heavy atom. The Morgan fingerprint density at radius 1 is 1.00 bits per heavy atom. The maximum absolute atomic E-state index is 13.0. The Bertz CT molecular complexity index is 870. The summed E-state index contributed by atoms with van der Waals surface area (Å²) in [6.07, 6.45) is 5.08. The lowest BCUT2D eigenvalue weighted by Crippen LogP contribution is -2.39. The zero-order chi connectivity index (χ0) is 20.2. The van der Waals surface area contributed by atoms with Gasteiger partial charge in [0.05, 0.1) is 4.92 Å². The normalized spacial score (nSPS) is 17.5. The van der Waals surface area contributed by atoms with E-state index in [9.17, 15) is 14.9 Å². The second kappa shape index (κ2) is 8.64. The molecule has 2 aliphatic heterocycles. The molecule has 0 atom stereocenters. The second-order valence-electron chi connectivity index (χ2n) is 8.08. The minimum atomic E-state index is -0.365. The average molecular weight is 393 g/mol. The standard InChI is InChI=1S/C23H27N3O3/c27-23(25-14-10-19(11-15-25)16-18-6-2-1-3-7-18)20-8-9-21(22(17-20)26(28)29)24-12-4-5-13-24/h1-3,6-9,17,19H,4-5,10-16H2. The summed E-state index contributed by atoms with van der Waals surface area (Å²) >= 11 is 0. The van der Waals surface area contributed by atoms with E-state index >= 15 is 0 Å². The highest BCUT2D eigenvalue weighted by molar-refractivity contribution is 5.96. The van der Waals surface area contributed by atoms with Gasteiger partial charge >= 0.3 is 0 Å². The minimum Gasteiger partial charge on any atom is -0.366 e. The molecule has 0 aromatic heterocycles. The molecule has 2 aliphatic rings. The molecular weight excluding hydrogens is 366 g/mol. The van der Waals surface area contributed by atoms with Gasteiger partial charge in [0.15, 0.2) is 0 Å². The van der Waals surface area contributed by atoms with Crippen LogP contribution in [-0.2, 0) is 6.42 Å². The molecule has 2 aromatic rings. The van der Waals surface area contributed by atoms with Crippen LogP contribution in [0.4, 0.5) is 11.4 Å². The van der Waals surface area contributed by atoms with Gasteiger partial charge in [-0.05, 0) is 55.7 Å². The first-order valence-electron chi connectivity index (χ1n) is 10.5. The largest absolute Gasteiger partial charge is 0.366 e. The first-order chi connectivity index (χ1) is 14.1. The SMILES string of the molecule is O=C(c1ccc(N2CCCC2)c([N+](=O)[O-])c1)N1CCC(Cc2ccccc2)CC1. The third-order valence-corrected chi connectivity index (χ3v) is 6.13. The van der Waals surface area contributed by atoms with Crippen LogP contribution in [0.25, 0.3) is 0 Å². The van der Waals surface area contributed by atoms with Crippen molar-refractivity contribution in [3.05, 3.63) is 69.8 Å². The van der Waals surface area contributed by atoms with Crippen LogP contribution in [0.1, 0.15) is 41.6 Å². The quantitative estimate of drug-likeness (QED) is 0.561. The van der Waals surface area contributed by atoms with Crippen molar-refractivity contribution in [2.75, 3.05) is 31.1 Å². The highest BCUT2D eigenvalue weighted by Crippen LogP contribution is 2.32. The zero-order valence-electron chi connectivity index (χ0n) is 16.6. The van der Waals surface area contributed by atoms with Gasteiger partial charge in [-0.25, -0.2) is 0 Å². The van der Waals surface area contributed by atoms with E-state index in [2.05, 4.69) is 24.3 Å². The van der Waals surface area contributed by atoms with Crippen molar-refractivity contribution in [1.82, 2.24) is 4.90 Å². The lowest BCUT2D eigenvalue weighted by Gasteiger charge is -2.32. The summed E-state index contributed by atoms with van der Waals surface area (Å²) in [6.45, 7) is 3.09. The molecule has 152 valence electrons. The lowest BCUT2D eigenvalue weighted by atomic mass is 9.90. The fourth-order valence-corrected chi connectivity index (χ4v) is 4.50. The number of carbonyl (C=O) groups excluding carboxylic acids is 1. The summed E-state index contributed by atoms with van der Waals surface area (Å²) in [5.74, 6) is 0.479. The molecule has 6 nitrogen and oxygen atoms in total. The highest BCUT2D eigenvalue weighted by Gasteiger charge is 2.27. The summed E-state index contributed by atoms with van der Waals surface area (Å²) in [6, 6.07) is 15.4. The molecule has 0 bridgehead atoms. The lowest BCUT2D eigenvalue weighted by molar-refractivity contribution is -0.384. The van der Waals surface area contributed by atoms with Gasteiger partial charge in [0.2, 0.25) is 0 Å². The molecule has 1 amide bonds. The number of hydrogen-bond donors (Lipinski definition) is 0. The van der Waals surface area contributed by atoms with Crippen molar-refractivity contribution in [1.29, 1.82) is 0 Å². The van der Waals surface area contributed by atoms with Gasteiger partial charge in [0.1, 0.15) is 5.69 Å². The first-order valence-corrected chi connectivity index (χ1v) is 10.5. The molecule has 0 N–H and O–H groups in total. The van der Waals surface area contributed by atoms with Gasteiger partial charge in [-0.1, -0.05) is 30.3 Å². The summed E-state index contributed by atoms with van der Waals surface area (Å²) in [5.41, 5.74) is 2.42. The number of nitro benzene ring substituents is 1. The van der Waals surface area contributed by atoms with Crippen molar-refractivity contribution in [3.8, 4) is 0 Å². The van der Waals surface area contributed by atoms with Crippen molar-refractivity contribution in [2.45, 2.75) is 32.1 Å². The zero-order valence-corrected chi connectivity index (χ0v) is 16.6. The Kier molecular flexibility index (Phi) is 5.79. The highest BCUT2D eigenvalue weighted by atomic mass is 16.6. The van der Waals surface area contributed by atoms with Crippen molar-refractivity contribution < 1.29 is 9.72 Å². The molecule has 4 rings (SSSR count). The predicted octanol–water partition coefficient (Wildman–Crippen LogP) is 4.29. The van der Waals surface area contributed by atoms with Crippen molar-refractivity contribution in [3.63, 3.8) is 0 Å². The second-order valence-corrected chi connectivity index (χ2v) is 8.08. The van der Waals surface area contributed by atoms with Gasteiger partial charge in [-0.3, -0.25) is 14.9 Å². The molecule has 6 heteroatoms. The van der Waals surface area contributed by atoms with Gasteiger partial charge in [0, 0.05) is 37.8 Å². The third kappa shape index (κ3) is 4.42. The Morgan fingerprint density at radius 2 is 1.69 bits per heavy atom. The van der Waals surface area contributed by atoms with Crippen LogP contribution in [0.15, 0.2) is 48.5 Å². The third-order valence-electron chi connectivity index (χ3n) is 6.13. The van der Waals surface area contributed by atoms with Crippen LogP contribution >= 0.6 is 0 Å². The van der Waals surface area contributed by atoms with Crippen molar-refractivity contribution >= 4 is 17.3 Å². The number of likely N-dealkylation sites (tertiary alicyclic amines) is 1. The Labute approximate surface area is 171 Å². The van der Waals surface area contributed by atoms with Crippen LogP contribution in [0.5, 0.6) is 0 Å². The van der Waals surface area contributed by atoms with E-state index in [1.807, 2.05) is 15.9 Å². The van der Waals surface area contributed by atoms with E-state index in [0.29, 0.717) is 30.3 Å². The maximum atomic E-state index is 13.0. The molecule has 0 spiro atoms. The molecule has 0 radical (unpaired) electrons. The van der Waals surface area contributed by atoms with Crippen LogP contribution in [0.2, 0.25) is 0 Å². The Hall–Kier alpha value is -2.89. The summed E-state index contributed by atoms with van der Waals surface area (Å²) < 4.78 is 0. The first kappa shape index (κ1) is 19.4. The molecule has 2 saturated heterocycles. The average Bonchev–Trinajstić information content (AvgIpc) is 3.29. The van der Waals surface area contributed by atoms with E-state index in [1.54, 1.807) is 12.1 Å². The molecule has 2 heterocycles. The molecule has 2 fully saturated rings. The minimum absolute atomic E-state index is 0.0386. The number of carbonyl (C=O) groups is 1. The fourth-order valence-electron chi connectivity index (χ4n) is 4.50. The number of anilines is 1. The molecule has 0 unspecified atom stereocenters. The van der Waals surface area contributed by atoms with E-state index in [0.717, 1.165) is 45.2 Å². The van der Waals surface area contributed by atoms with Gasteiger partial charge < -0.3 is 9.80 Å². The van der Waals surface area contributed by atoms with Gasteiger partial charge in [0.25, 0.3) is 11.6 Å². The van der Waals surface area contributed by atoms with E-state index in [-0.39, 0.29) is 16.5 Å². The fraction of sp³-hybridized carbons (Fsp3) is 0.435. The number of nitrogens with zero attached hydrogens (tertiary/aromatic N) is 3. The van der Waals surface area contributed by atoms with Crippen LogP contribution in [-0.4, -0.2) is 41.9 Å². The van der Waals surface area contributed by atoms with Gasteiger partial charge in [-0.2, -0.15) is 0 Å². The van der Waals surface area contributed by atoms with Crippen LogP contribution in [0, 0.1) is 16.0 Å². The summed E-state index contributed by atoms with van der Waals surface area (Å²) in [5, 5.41) is 11.6.